The smallest absolute Gasteiger partial charge is 0.258 e. The minimum atomic E-state index is -2.16. The van der Waals surface area contributed by atoms with Gasteiger partial charge in [0, 0.05) is 3.58 Å². The molecule has 13 heavy (non-hydrogen) atoms. The van der Waals surface area contributed by atoms with Crippen LogP contribution in [0.5, 0.6) is 0 Å². The lowest BCUT2D eigenvalue weighted by Gasteiger charge is -2.15. The van der Waals surface area contributed by atoms with Gasteiger partial charge in [-0.15, -0.1) is 0 Å². The Morgan fingerprint density at radius 2 is 1.92 bits per heavy atom. The molecule has 0 atom stereocenters. The van der Waals surface area contributed by atoms with Crippen molar-refractivity contribution in [2.45, 2.75) is 12.1 Å². The molecule has 0 unspecified atom stereocenters. The molecule has 0 saturated heterocycles. The van der Waals surface area contributed by atoms with Crippen LogP contribution in [0.1, 0.15) is 6.42 Å². The number of nitrogens with zero attached hydrogens (tertiary/aromatic N) is 2. The summed E-state index contributed by atoms with van der Waals surface area (Å²) in [5.41, 5.74) is -2.16. The zero-order valence-corrected chi connectivity index (χ0v) is 8.50. The largest absolute Gasteiger partial charge is 0.482 e. The van der Waals surface area contributed by atoms with E-state index in [-0.39, 0.29) is 6.42 Å². The van der Waals surface area contributed by atoms with E-state index in [9.17, 15) is 20.2 Å². The first kappa shape index (κ1) is 10.1. The Balaban J connectivity index is 3.09. The van der Waals surface area contributed by atoms with E-state index >= 15 is 0 Å². The molecule has 0 aromatic rings. The standard InChI is InChI=1S/C6H5IN2O4/c7-5-2-1-3-6(4-5,8(10)11)9(12)13/h1-3H,4H2. The van der Waals surface area contributed by atoms with Crippen LogP contribution in [0.3, 0.4) is 0 Å². The van der Waals surface area contributed by atoms with Crippen LogP contribution in [0, 0.1) is 20.2 Å². The van der Waals surface area contributed by atoms with E-state index in [1.165, 1.54) is 6.08 Å². The third kappa shape index (κ3) is 1.69. The molecule has 0 spiro atoms. The molecule has 6 nitrogen and oxygen atoms in total. The minimum Gasteiger partial charge on any atom is -0.258 e. The highest BCUT2D eigenvalue weighted by molar-refractivity contribution is 14.1. The summed E-state index contributed by atoms with van der Waals surface area (Å²) >= 11 is 1.85. The van der Waals surface area contributed by atoms with Gasteiger partial charge in [-0.1, -0.05) is 12.2 Å². The maximum Gasteiger partial charge on any atom is 0.482 e. The average molecular weight is 296 g/mol. The number of hydrogen-bond acceptors (Lipinski definition) is 4. The van der Waals surface area contributed by atoms with Gasteiger partial charge in [0.25, 0.3) is 0 Å². The van der Waals surface area contributed by atoms with Crippen LogP contribution in [0.2, 0.25) is 0 Å². The fourth-order valence-corrected chi connectivity index (χ4v) is 1.76. The van der Waals surface area contributed by atoms with Crippen LogP contribution in [-0.2, 0) is 0 Å². The average Bonchev–Trinajstić information content (AvgIpc) is 2.03. The third-order valence-electron chi connectivity index (χ3n) is 1.70. The fraction of sp³-hybridized carbons (Fsp3) is 0.333. The van der Waals surface area contributed by atoms with E-state index in [0.717, 1.165) is 6.08 Å². The maximum absolute atomic E-state index is 10.5. The van der Waals surface area contributed by atoms with Crippen LogP contribution in [-0.4, -0.2) is 15.5 Å². The van der Waals surface area contributed by atoms with Gasteiger partial charge in [0.05, 0.1) is 6.08 Å². The van der Waals surface area contributed by atoms with Gasteiger partial charge in [0.15, 0.2) is 0 Å². The van der Waals surface area contributed by atoms with Gasteiger partial charge in [-0.2, -0.15) is 0 Å². The van der Waals surface area contributed by atoms with E-state index in [4.69, 9.17) is 0 Å². The Morgan fingerprint density at radius 3 is 2.23 bits per heavy atom. The third-order valence-corrected chi connectivity index (χ3v) is 2.44. The predicted molar refractivity (Wildman–Crippen MR) is 52.6 cm³/mol. The monoisotopic (exact) mass is 296 g/mol. The van der Waals surface area contributed by atoms with Crippen molar-refractivity contribution < 1.29 is 9.85 Å². The summed E-state index contributed by atoms with van der Waals surface area (Å²) in [7, 11) is 0. The van der Waals surface area contributed by atoms with Crippen molar-refractivity contribution in [3.63, 3.8) is 0 Å². The highest BCUT2D eigenvalue weighted by Crippen LogP contribution is 2.29. The first-order valence-electron chi connectivity index (χ1n) is 3.32. The molecule has 0 bridgehead atoms. The Hall–Kier alpha value is -0.990. The SMILES string of the molecule is O=[N+]([O-])C1([N+](=O)[O-])C=CC=C(I)C1. The van der Waals surface area contributed by atoms with Crippen LogP contribution in [0.4, 0.5) is 0 Å². The normalized spacial score (nSPS) is 19.3. The second-order valence-corrected chi connectivity index (χ2v) is 3.93. The Labute approximate surface area is 86.7 Å². The molecule has 0 heterocycles. The fourth-order valence-electron chi connectivity index (χ4n) is 0.991. The van der Waals surface area contributed by atoms with Crippen LogP contribution >= 0.6 is 22.6 Å². The van der Waals surface area contributed by atoms with E-state index in [2.05, 4.69) is 0 Å². The highest BCUT2D eigenvalue weighted by atomic mass is 127. The molecule has 7 heteroatoms. The Bertz CT molecular complexity index is 309. The molecule has 1 aliphatic carbocycles. The number of rotatable bonds is 2. The highest BCUT2D eigenvalue weighted by Gasteiger charge is 2.54. The van der Waals surface area contributed by atoms with Crippen molar-refractivity contribution in [2.75, 3.05) is 0 Å². The summed E-state index contributed by atoms with van der Waals surface area (Å²) in [6.07, 6.45) is 3.79. The van der Waals surface area contributed by atoms with Gasteiger partial charge in [0.1, 0.15) is 16.3 Å². The number of hydrogen-bond donors (Lipinski definition) is 0. The zero-order chi connectivity index (χ0) is 10.1. The Kier molecular flexibility index (Phi) is 2.64. The summed E-state index contributed by atoms with van der Waals surface area (Å²) in [5, 5.41) is 21.1. The van der Waals surface area contributed by atoms with E-state index in [1.807, 2.05) is 22.6 Å². The summed E-state index contributed by atoms with van der Waals surface area (Å²) in [5.74, 6) is 0. The quantitative estimate of drug-likeness (QED) is 0.334. The number of allylic oxidation sites excluding steroid dienone is 2. The van der Waals surface area contributed by atoms with E-state index < -0.39 is 15.5 Å². The molecule has 0 radical (unpaired) electrons. The topological polar surface area (TPSA) is 86.3 Å². The van der Waals surface area contributed by atoms with Crippen molar-refractivity contribution >= 4 is 22.6 Å². The number of halogens is 1. The first-order chi connectivity index (χ1) is 5.99. The van der Waals surface area contributed by atoms with Crippen molar-refractivity contribution in [2.24, 2.45) is 0 Å². The van der Waals surface area contributed by atoms with Crippen molar-refractivity contribution in [3.05, 3.63) is 42.0 Å². The molecule has 0 aromatic heterocycles. The second kappa shape index (κ2) is 3.40. The van der Waals surface area contributed by atoms with Gasteiger partial charge in [-0.05, 0) is 22.6 Å². The Morgan fingerprint density at radius 1 is 1.38 bits per heavy atom. The zero-order valence-electron chi connectivity index (χ0n) is 6.34. The second-order valence-electron chi connectivity index (χ2n) is 2.54. The molecule has 70 valence electrons. The lowest BCUT2D eigenvalue weighted by molar-refractivity contribution is -0.780. The summed E-state index contributed by atoms with van der Waals surface area (Å²) < 4.78 is 0.605. The molecule has 1 aliphatic rings. The summed E-state index contributed by atoms with van der Waals surface area (Å²) in [6, 6.07) is 0. The molecular formula is C6H5IN2O4. The molecule has 0 amide bonds. The van der Waals surface area contributed by atoms with Crippen LogP contribution in [0.15, 0.2) is 21.8 Å². The van der Waals surface area contributed by atoms with E-state index in [1.54, 1.807) is 6.08 Å². The van der Waals surface area contributed by atoms with Crippen molar-refractivity contribution in [1.29, 1.82) is 0 Å². The summed E-state index contributed by atoms with van der Waals surface area (Å²) in [6.45, 7) is 0. The minimum absolute atomic E-state index is 0.177. The van der Waals surface area contributed by atoms with E-state index in [0.29, 0.717) is 3.58 Å². The molecule has 0 aromatic carbocycles. The number of nitro groups is 2. The van der Waals surface area contributed by atoms with Gasteiger partial charge in [-0.25, -0.2) is 0 Å². The van der Waals surface area contributed by atoms with Crippen LogP contribution < -0.4 is 0 Å². The molecule has 0 saturated carbocycles. The van der Waals surface area contributed by atoms with Crippen LogP contribution in [0.25, 0.3) is 0 Å². The molecule has 0 N–H and O–H groups in total. The van der Waals surface area contributed by atoms with Gasteiger partial charge in [-0.3, -0.25) is 20.2 Å². The van der Waals surface area contributed by atoms with Crippen molar-refractivity contribution in [3.8, 4) is 0 Å². The van der Waals surface area contributed by atoms with Gasteiger partial charge in [0.2, 0.25) is 0 Å². The molecule has 0 aliphatic heterocycles. The lowest BCUT2D eigenvalue weighted by Crippen LogP contribution is -2.45. The summed E-state index contributed by atoms with van der Waals surface area (Å²) in [4.78, 5) is 19.4. The molecular weight excluding hydrogens is 291 g/mol. The predicted octanol–water partition coefficient (Wildman–Crippen LogP) is 1.51. The molecule has 1 rings (SSSR count). The molecule has 0 fully saturated rings. The van der Waals surface area contributed by atoms with Crippen molar-refractivity contribution in [1.82, 2.24) is 0 Å². The maximum atomic E-state index is 10.5. The lowest BCUT2D eigenvalue weighted by atomic mass is 10.0. The first-order valence-corrected chi connectivity index (χ1v) is 4.40. The van der Waals surface area contributed by atoms with Gasteiger partial charge < -0.3 is 0 Å². The van der Waals surface area contributed by atoms with Gasteiger partial charge >= 0.3 is 5.66 Å².